The first-order valence-electron chi connectivity index (χ1n) is 7.00. The fourth-order valence-electron chi connectivity index (χ4n) is 3.31. The number of piperidine rings is 1. The van der Waals surface area contributed by atoms with Crippen molar-refractivity contribution in [3.8, 4) is 0 Å². The Morgan fingerprint density at radius 3 is 2.50 bits per heavy atom. The van der Waals surface area contributed by atoms with Crippen LogP contribution in [0.4, 0.5) is 0 Å². The second-order valence-electron chi connectivity index (χ2n) is 6.55. The van der Waals surface area contributed by atoms with Gasteiger partial charge in [-0.05, 0) is 57.2 Å². The molecule has 2 aliphatic rings. The van der Waals surface area contributed by atoms with E-state index in [0.29, 0.717) is 5.41 Å². The van der Waals surface area contributed by atoms with Gasteiger partial charge in [0.1, 0.15) is 0 Å². The first-order chi connectivity index (χ1) is 7.61. The van der Waals surface area contributed by atoms with Crippen molar-refractivity contribution < 1.29 is 0 Å². The molecule has 2 rings (SSSR count). The lowest BCUT2D eigenvalue weighted by Crippen LogP contribution is -2.43. The molecule has 0 aromatic carbocycles. The molecule has 1 saturated carbocycles. The SMILES string of the molecule is CNC1CCCC1CN1CCC(C)(C)CC1. The lowest BCUT2D eigenvalue weighted by atomic mass is 9.82. The molecule has 0 spiro atoms. The molecule has 2 fully saturated rings. The van der Waals surface area contributed by atoms with Crippen molar-refractivity contribution in [3.05, 3.63) is 0 Å². The van der Waals surface area contributed by atoms with Crippen LogP contribution >= 0.6 is 0 Å². The molecule has 2 nitrogen and oxygen atoms in total. The molecule has 2 unspecified atom stereocenters. The average molecular weight is 224 g/mol. The Kier molecular flexibility index (Phi) is 3.91. The standard InChI is InChI=1S/C14H28N2/c1-14(2)7-9-16(10-8-14)11-12-5-4-6-13(12)15-3/h12-13,15H,4-11H2,1-3H3. The smallest absolute Gasteiger partial charge is 0.0104 e. The highest BCUT2D eigenvalue weighted by atomic mass is 15.1. The van der Waals surface area contributed by atoms with Crippen LogP contribution in [0.1, 0.15) is 46.0 Å². The van der Waals surface area contributed by atoms with E-state index in [1.165, 1.54) is 51.7 Å². The van der Waals surface area contributed by atoms with Crippen molar-refractivity contribution in [2.24, 2.45) is 11.3 Å². The van der Waals surface area contributed by atoms with Crippen molar-refractivity contribution in [2.75, 3.05) is 26.7 Å². The lowest BCUT2D eigenvalue weighted by Gasteiger charge is -2.38. The summed E-state index contributed by atoms with van der Waals surface area (Å²) in [7, 11) is 2.13. The molecule has 0 radical (unpaired) electrons. The van der Waals surface area contributed by atoms with E-state index in [1.807, 2.05) is 0 Å². The first-order valence-corrected chi connectivity index (χ1v) is 7.00. The largest absolute Gasteiger partial charge is 0.317 e. The molecule has 1 heterocycles. The predicted octanol–water partition coefficient (Wildman–Crippen LogP) is 2.50. The molecule has 0 bridgehead atoms. The Hall–Kier alpha value is -0.0800. The molecule has 94 valence electrons. The summed E-state index contributed by atoms with van der Waals surface area (Å²) in [6.45, 7) is 8.80. The Morgan fingerprint density at radius 1 is 1.19 bits per heavy atom. The first kappa shape index (κ1) is 12.4. The summed E-state index contributed by atoms with van der Waals surface area (Å²) in [5, 5.41) is 3.49. The van der Waals surface area contributed by atoms with Gasteiger partial charge < -0.3 is 10.2 Å². The van der Waals surface area contributed by atoms with Gasteiger partial charge in [0.2, 0.25) is 0 Å². The number of nitrogens with zero attached hydrogens (tertiary/aromatic N) is 1. The maximum absolute atomic E-state index is 3.49. The fraction of sp³-hybridized carbons (Fsp3) is 1.00. The van der Waals surface area contributed by atoms with Crippen molar-refractivity contribution in [2.45, 2.75) is 52.0 Å². The minimum Gasteiger partial charge on any atom is -0.317 e. The third kappa shape index (κ3) is 2.98. The molecule has 1 saturated heterocycles. The summed E-state index contributed by atoms with van der Waals surface area (Å²) in [4.78, 5) is 2.70. The van der Waals surface area contributed by atoms with Crippen molar-refractivity contribution in [3.63, 3.8) is 0 Å². The monoisotopic (exact) mass is 224 g/mol. The van der Waals surface area contributed by atoms with E-state index in [-0.39, 0.29) is 0 Å². The van der Waals surface area contributed by atoms with E-state index >= 15 is 0 Å². The molecule has 1 aliphatic carbocycles. The van der Waals surface area contributed by atoms with Gasteiger partial charge in [-0.3, -0.25) is 0 Å². The van der Waals surface area contributed by atoms with Gasteiger partial charge in [-0.15, -0.1) is 0 Å². The van der Waals surface area contributed by atoms with Crippen LogP contribution in [0, 0.1) is 11.3 Å². The van der Waals surface area contributed by atoms with Crippen molar-refractivity contribution >= 4 is 0 Å². The molecule has 2 heteroatoms. The minimum absolute atomic E-state index is 0.592. The Labute approximate surface area is 101 Å². The molecule has 16 heavy (non-hydrogen) atoms. The van der Waals surface area contributed by atoms with Crippen LogP contribution in [0.5, 0.6) is 0 Å². The Balaban J connectivity index is 1.78. The van der Waals surface area contributed by atoms with Crippen molar-refractivity contribution in [1.82, 2.24) is 10.2 Å². The van der Waals surface area contributed by atoms with E-state index in [1.54, 1.807) is 0 Å². The van der Waals surface area contributed by atoms with Gasteiger partial charge in [0, 0.05) is 12.6 Å². The summed E-state index contributed by atoms with van der Waals surface area (Å²) >= 11 is 0. The predicted molar refractivity (Wildman–Crippen MR) is 69.6 cm³/mol. The maximum atomic E-state index is 3.49. The van der Waals surface area contributed by atoms with Crippen LogP contribution in [0.3, 0.4) is 0 Å². The normalized spacial score (nSPS) is 35.4. The topological polar surface area (TPSA) is 15.3 Å². The van der Waals surface area contributed by atoms with Gasteiger partial charge in [-0.2, -0.15) is 0 Å². The van der Waals surface area contributed by atoms with Gasteiger partial charge in [0.15, 0.2) is 0 Å². The summed E-state index contributed by atoms with van der Waals surface area (Å²) in [6.07, 6.45) is 7.01. The highest BCUT2D eigenvalue weighted by Gasteiger charge is 2.30. The third-order valence-electron chi connectivity index (χ3n) is 4.73. The van der Waals surface area contributed by atoms with E-state index in [4.69, 9.17) is 0 Å². The molecule has 2 atom stereocenters. The number of likely N-dealkylation sites (tertiary alicyclic amines) is 1. The number of hydrogen-bond acceptors (Lipinski definition) is 2. The molecule has 1 N–H and O–H groups in total. The van der Waals surface area contributed by atoms with E-state index in [2.05, 4.69) is 31.1 Å². The second-order valence-corrected chi connectivity index (χ2v) is 6.55. The Bertz CT molecular complexity index is 215. The highest BCUT2D eigenvalue weighted by Crippen LogP contribution is 2.32. The van der Waals surface area contributed by atoms with Gasteiger partial charge in [0.05, 0.1) is 0 Å². The van der Waals surface area contributed by atoms with E-state index in [9.17, 15) is 0 Å². The zero-order chi connectivity index (χ0) is 11.6. The van der Waals surface area contributed by atoms with Gasteiger partial charge in [-0.1, -0.05) is 20.3 Å². The lowest BCUT2D eigenvalue weighted by molar-refractivity contribution is 0.113. The highest BCUT2D eigenvalue weighted by molar-refractivity contribution is 4.86. The van der Waals surface area contributed by atoms with Gasteiger partial charge in [-0.25, -0.2) is 0 Å². The van der Waals surface area contributed by atoms with Gasteiger partial charge >= 0.3 is 0 Å². The van der Waals surface area contributed by atoms with Crippen LogP contribution < -0.4 is 5.32 Å². The summed E-state index contributed by atoms with van der Waals surface area (Å²) in [5.74, 6) is 0.909. The third-order valence-corrected chi connectivity index (χ3v) is 4.73. The molecular weight excluding hydrogens is 196 g/mol. The molecule has 0 amide bonds. The average Bonchev–Trinajstić information content (AvgIpc) is 2.68. The van der Waals surface area contributed by atoms with Crippen LogP contribution in [0.25, 0.3) is 0 Å². The summed E-state index contributed by atoms with van der Waals surface area (Å²) < 4.78 is 0. The zero-order valence-corrected chi connectivity index (χ0v) is 11.3. The van der Waals surface area contributed by atoms with Crippen molar-refractivity contribution in [1.29, 1.82) is 0 Å². The minimum atomic E-state index is 0.592. The molecule has 0 aromatic heterocycles. The van der Waals surface area contributed by atoms with Crippen LogP contribution in [0.2, 0.25) is 0 Å². The quantitative estimate of drug-likeness (QED) is 0.792. The molecular formula is C14H28N2. The van der Waals surface area contributed by atoms with Gasteiger partial charge in [0.25, 0.3) is 0 Å². The zero-order valence-electron chi connectivity index (χ0n) is 11.3. The second kappa shape index (κ2) is 5.05. The molecule has 0 aromatic rings. The summed E-state index contributed by atoms with van der Waals surface area (Å²) in [6, 6.07) is 0.787. The van der Waals surface area contributed by atoms with Crippen LogP contribution in [0.15, 0.2) is 0 Å². The number of nitrogens with one attached hydrogen (secondary N) is 1. The summed E-state index contributed by atoms with van der Waals surface area (Å²) in [5.41, 5.74) is 0.592. The fourth-order valence-corrected chi connectivity index (χ4v) is 3.31. The van der Waals surface area contributed by atoms with Crippen LogP contribution in [-0.4, -0.2) is 37.6 Å². The Morgan fingerprint density at radius 2 is 1.88 bits per heavy atom. The van der Waals surface area contributed by atoms with E-state index in [0.717, 1.165) is 12.0 Å². The van der Waals surface area contributed by atoms with E-state index < -0.39 is 0 Å². The number of rotatable bonds is 3. The maximum Gasteiger partial charge on any atom is 0.0104 e. The van der Waals surface area contributed by atoms with Crippen LogP contribution in [-0.2, 0) is 0 Å². The molecule has 1 aliphatic heterocycles. The number of hydrogen-bond donors (Lipinski definition) is 1.